The number of alkyl halides is 4. The number of halogens is 4. The summed E-state index contributed by atoms with van der Waals surface area (Å²) in [7, 11) is 0. The van der Waals surface area contributed by atoms with Crippen molar-refractivity contribution in [1.82, 2.24) is 9.97 Å². The molecule has 0 radical (unpaired) electrons. The first-order valence-corrected chi connectivity index (χ1v) is 6.92. The maximum atomic E-state index is 12.4. The second-order valence-corrected chi connectivity index (χ2v) is 5.63. The van der Waals surface area contributed by atoms with Gasteiger partial charge in [-0.25, -0.2) is 9.97 Å². The van der Waals surface area contributed by atoms with Crippen LogP contribution in [0.25, 0.3) is 10.9 Å². The van der Waals surface area contributed by atoms with Gasteiger partial charge < -0.3 is 0 Å². The molecule has 1 unspecified atom stereocenters. The lowest BCUT2D eigenvalue weighted by Crippen LogP contribution is -2.24. The lowest BCUT2D eigenvalue weighted by Gasteiger charge is -2.13. The summed E-state index contributed by atoms with van der Waals surface area (Å²) in [6.45, 7) is 0. The van der Waals surface area contributed by atoms with Gasteiger partial charge in [0, 0.05) is 11.1 Å². The summed E-state index contributed by atoms with van der Waals surface area (Å²) in [5.41, 5.74) is 0.730. The van der Waals surface area contributed by atoms with Gasteiger partial charge in [0.25, 0.3) is 0 Å². The van der Waals surface area contributed by atoms with Crippen molar-refractivity contribution >= 4 is 38.6 Å². The molecule has 18 heavy (non-hydrogen) atoms. The third kappa shape index (κ3) is 3.14. The van der Waals surface area contributed by atoms with E-state index in [4.69, 9.17) is 0 Å². The summed E-state index contributed by atoms with van der Waals surface area (Å²) in [6.07, 6.45) is -2.88. The summed E-state index contributed by atoms with van der Waals surface area (Å²) in [5, 5.41) is 1.33. The Labute approximate surface area is 114 Å². The Hall–Kier alpha value is -0.820. The molecule has 96 valence electrons. The Morgan fingerprint density at radius 2 is 1.94 bits per heavy atom. The molecule has 0 aliphatic heterocycles. The standard InChI is InChI=1S/C11H8BrF3N2S/c12-9(11(13,14)15)5-18-10-7-3-1-2-4-8(7)16-6-17-10/h1-4,6,9H,5H2. The third-order valence-electron chi connectivity index (χ3n) is 2.23. The number of aromatic nitrogens is 2. The van der Waals surface area contributed by atoms with Crippen molar-refractivity contribution in [3.8, 4) is 0 Å². The second-order valence-electron chi connectivity index (χ2n) is 3.52. The van der Waals surface area contributed by atoms with Gasteiger partial charge in [0.15, 0.2) is 0 Å². The Morgan fingerprint density at radius 3 is 2.67 bits per heavy atom. The summed E-state index contributed by atoms with van der Waals surface area (Å²) in [6, 6.07) is 7.24. The smallest absolute Gasteiger partial charge is 0.236 e. The van der Waals surface area contributed by atoms with Crippen LogP contribution in [0.3, 0.4) is 0 Å². The molecule has 1 heterocycles. The number of rotatable bonds is 3. The van der Waals surface area contributed by atoms with Gasteiger partial charge in [-0.1, -0.05) is 34.1 Å². The van der Waals surface area contributed by atoms with E-state index in [-0.39, 0.29) is 5.75 Å². The van der Waals surface area contributed by atoms with Crippen LogP contribution in [0.2, 0.25) is 0 Å². The Morgan fingerprint density at radius 1 is 1.22 bits per heavy atom. The normalized spacial score (nSPS) is 13.8. The minimum Gasteiger partial charge on any atom is -0.236 e. The van der Waals surface area contributed by atoms with E-state index in [9.17, 15) is 13.2 Å². The molecule has 2 nitrogen and oxygen atoms in total. The maximum absolute atomic E-state index is 12.4. The first-order valence-electron chi connectivity index (χ1n) is 5.02. The summed E-state index contributed by atoms with van der Waals surface area (Å²) < 4.78 is 37.1. The third-order valence-corrected chi connectivity index (χ3v) is 4.60. The van der Waals surface area contributed by atoms with Crippen LogP contribution in [-0.2, 0) is 0 Å². The van der Waals surface area contributed by atoms with Crippen LogP contribution in [-0.4, -0.2) is 26.7 Å². The molecule has 0 fully saturated rings. The number of nitrogens with zero attached hydrogens (tertiary/aromatic N) is 2. The molecule has 0 spiro atoms. The van der Waals surface area contributed by atoms with E-state index >= 15 is 0 Å². The van der Waals surface area contributed by atoms with Crippen molar-refractivity contribution in [2.24, 2.45) is 0 Å². The van der Waals surface area contributed by atoms with Crippen molar-refractivity contribution in [2.75, 3.05) is 5.75 Å². The van der Waals surface area contributed by atoms with E-state index in [1.807, 2.05) is 12.1 Å². The van der Waals surface area contributed by atoms with Crippen LogP contribution in [0, 0.1) is 0 Å². The van der Waals surface area contributed by atoms with Gasteiger partial charge in [0.2, 0.25) is 0 Å². The zero-order valence-corrected chi connectivity index (χ0v) is 11.4. The Bertz CT molecular complexity index is 542. The fourth-order valence-corrected chi connectivity index (χ4v) is 2.68. The van der Waals surface area contributed by atoms with Gasteiger partial charge in [-0.15, -0.1) is 11.8 Å². The highest BCUT2D eigenvalue weighted by Gasteiger charge is 2.37. The van der Waals surface area contributed by atoms with E-state index < -0.39 is 11.0 Å². The molecule has 2 aromatic rings. The number of para-hydroxylation sites is 1. The molecule has 0 saturated heterocycles. The molecule has 1 aromatic carbocycles. The van der Waals surface area contributed by atoms with Gasteiger partial charge in [-0.05, 0) is 6.07 Å². The minimum absolute atomic E-state index is 0.121. The first-order chi connectivity index (χ1) is 8.48. The molecular weight excluding hydrogens is 329 g/mol. The minimum atomic E-state index is -4.24. The Kier molecular flexibility index (Phi) is 4.11. The SMILES string of the molecule is FC(F)(F)C(Br)CSc1ncnc2ccccc12. The fraction of sp³-hybridized carbons (Fsp3) is 0.273. The highest BCUT2D eigenvalue weighted by Crippen LogP contribution is 2.32. The predicted molar refractivity (Wildman–Crippen MR) is 69.0 cm³/mol. The second kappa shape index (κ2) is 5.44. The van der Waals surface area contributed by atoms with E-state index in [1.165, 1.54) is 6.33 Å². The van der Waals surface area contributed by atoms with Crippen molar-refractivity contribution in [1.29, 1.82) is 0 Å². The van der Waals surface area contributed by atoms with Gasteiger partial charge >= 0.3 is 6.18 Å². The number of fused-ring (bicyclic) bond motifs is 1. The molecule has 1 atom stereocenters. The Balaban J connectivity index is 2.18. The van der Waals surface area contributed by atoms with Gasteiger partial charge in [0.1, 0.15) is 16.2 Å². The number of thioether (sulfide) groups is 1. The van der Waals surface area contributed by atoms with Crippen molar-refractivity contribution in [3.05, 3.63) is 30.6 Å². The largest absolute Gasteiger partial charge is 0.402 e. The van der Waals surface area contributed by atoms with Gasteiger partial charge in [-0.3, -0.25) is 0 Å². The topological polar surface area (TPSA) is 25.8 Å². The van der Waals surface area contributed by atoms with Crippen molar-refractivity contribution in [2.45, 2.75) is 16.0 Å². The molecule has 2 rings (SSSR count). The van der Waals surface area contributed by atoms with E-state index in [1.54, 1.807) is 12.1 Å². The fourth-order valence-electron chi connectivity index (χ4n) is 1.34. The van der Waals surface area contributed by atoms with Crippen LogP contribution in [0.1, 0.15) is 0 Å². The molecule has 0 aliphatic rings. The molecule has 0 amide bonds. The van der Waals surface area contributed by atoms with Gasteiger partial charge in [0.05, 0.1) is 5.52 Å². The first kappa shape index (κ1) is 13.6. The monoisotopic (exact) mass is 336 g/mol. The average molecular weight is 337 g/mol. The lowest BCUT2D eigenvalue weighted by molar-refractivity contribution is -0.122. The molecule has 0 N–H and O–H groups in total. The van der Waals surface area contributed by atoms with E-state index in [2.05, 4.69) is 25.9 Å². The maximum Gasteiger partial charge on any atom is 0.402 e. The molecular formula is C11H8BrF3N2S. The van der Waals surface area contributed by atoms with Gasteiger partial charge in [-0.2, -0.15) is 13.2 Å². The van der Waals surface area contributed by atoms with Crippen molar-refractivity contribution in [3.63, 3.8) is 0 Å². The zero-order valence-electron chi connectivity index (χ0n) is 8.99. The number of hydrogen-bond acceptors (Lipinski definition) is 3. The lowest BCUT2D eigenvalue weighted by atomic mass is 10.2. The summed E-state index contributed by atoms with van der Waals surface area (Å²) in [4.78, 5) is 6.55. The quantitative estimate of drug-likeness (QED) is 0.480. The number of benzene rings is 1. The zero-order chi connectivity index (χ0) is 13.2. The highest BCUT2D eigenvalue weighted by atomic mass is 79.9. The van der Waals surface area contributed by atoms with Crippen LogP contribution in [0.15, 0.2) is 35.6 Å². The van der Waals surface area contributed by atoms with Crippen LogP contribution < -0.4 is 0 Å². The number of hydrogen-bond donors (Lipinski definition) is 0. The molecule has 0 aliphatic carbocycles. The molecule has 0 saturated carbocycles. The van der Waals surface area contributed by atoms with E-state index in [0.29, 0.717) is 5.03 Å². The summed E-state index contributed by atoms with van der Waals surface area (Å²) >= 11 is 3.70. The predicted octanol–water partition coefficient (Wildman–Crippen LogP) is 4.05. The summed E-state index contributed by atoms with van der Waals surface area (Å²) in [5.74, 6) is -0.121. The molecule has 1 aromatic heterocycles. The van der Waals surface area contributed by atoms with E-state index in [0.717, 1.165) is 22.7 Å². The molecule has 0 bridgehead atoms. The average Bonchev–Trinajstić information content (AvgIpc) is 2.34. The van der Waals surface area contributed by atoms with Crippen molar-refractivity contribution < 1.29 is 13.2 Å². The van der Waals surface area contributed by atoms with Crippen LogP contribution >= 0.6 is 27.7 Å². The molecule has 7 heteroatoms. The van der Waals surface area contributed by atoms with Crippen LogP contribution in [0.4, 0.5) is 13.2 Å². The van der Waals surface area contributed by atoms with Crippen LogP contribution in [0.5, 0.6) is 0 Å². The highest BCUT2D eigenvalue weighted by molar-refractivity contribution is 9.09.